The number of carbonyl (C=O) groups is 2. The number of nitrogens with zero attached hydrogens (tertiary/aromatic N) is 4. The fourth-order valence-electron chi connectivity index (χ4n) is 3.37. The molecule has 10 heteroatoms. The van der Waals surface area contributed by atoms with Crippen LogP contribution in [0.4, 0.5) is 11.6 Å². The van der Waals surface area contributed by atoms with Gasteiger partial charge >= 0.3 is 0 Å². The summed E-state index contributed by atoms with van der Waals surface area (Å²) in [6.07, 6.45) is 0.499. The van der Waals surface area contributed by atoms with Crippen LogP contribution in [0.15, 0.2) is 53.3 Å². The summed E-state index contributed by atoms with van der Waals surface area (Å²) in [5, 5.41) is 7.22. The Balaban J connectivity index is 1.22. The summed E-state index contributed by atoms with van der Waals surface area (Å²) < 4.78 is 0. The molecule has 0 aromatic carbocycles. The number of carbonyl (C=O) groups excluding carboxylic acids is 2. The molecule has 0 fully saturated rings. The smallest absolute Gasteiger partial charge is 0.249 e. The number of amides is 2. The number of pyridine rings is 4. The summed E-state index contributed by atoms with van der Waals surface area (Å²) in [6.45, 7) is 2.85. The number of aromatic nitrogens is 4. The van der Waals surface area contributed by atoms with Crippen LogP contribution in [0.2, 0.25) is 0 Å². The molecule has 0 atom stereocenters. The standard InChI is InChI=1S/C24H25N7O3/c1-15-3-4-16-5-8-18(28-23(16)25-15)26-21(33)11-13-31(2)14-12-22(34)27-19-9-6-17-7-10-20(32)30-24(17)29-19/h3-10H,11-14H2,1-2H3,(H,25,26,28,33)(H2,27,29,30,32,34). The molecule has 0 saturated heterocycles. The van der Waals surface area contributed by atoms with Crippen molar-refractivity contribution in [2.45, 2.75) is 19.8 Å². The fraction of sp³-hybridized carbons (Fsp3) is 0.250. The Bertz CT molecular complexity index is 1420. The number of rotatable bonds is 8. The molecule has 3 N–H and O–H groups in total. The maximum Gasteiger partial charge on any atom is 0.249 e. The second kappa shape index (κ2) is 10.2. The van der Waals surface area contributed by atoms with Crippen molar-refractivity contribution in [3.05, 3.63) is 64.6 Å². The van der Waals surface area contributed by atoms with Crippen molar-refractivity contribution in [3.8, 4) is 0 Å². The van der Waals surface area contributed by atoms with E-state index >= 15 is 0 Å². The van der Waals surface area contributed by atoms with Gasteiger partial charge in [0.25, 0.3) is 0 Å². The van der Waals surface area contributed by atoms with E-state index in [9.17, 15) is 14.4 Å². The van der Waals surface area contributed by atoms with E-state index in [4.69, 9.17) is 0 Å². The van der Waals surface area contributed by atoms with E-state index in [-0.39, 0.29) is 30.2 Å². The van der Waals surface area contributed by atoms with Gasteiger partial charge in [0.2, 0.25) is 17.4 Å². The first-order valence-corrected chi connectivity index (χ1v) is 10.9. The number of fused-ring (bicyclic) bond motifs is 2. The first-order valence-electron chi connectivity index (χ1n) is 10.9. The number of hydrogen-bond acceptors (Lipinski definition) is 7. The fourth-order valence-corrected chi connectivity index (χ4v) is 3.37. The SMILES string of the molecule is Cc1ccc2ccc(NC(=O)CCN(C)CCC(=O)Nc3ccc4ccc(=O)[nH]c4n3)nc2n1. The van der Waals surface area contributed by atoms with Gasteiger partial charge in [-0.25, -0.2) is 15.0 Å². The third kappa shape index (κ3) is 5.99. The molecular weight excluding hydrogens is 434 g/mol. The van der Waals surface area contributed by atoms with Gasteiger partial charge in [-0.15, -0.1) is 0 Å². The summed E-state index contributed by atoms with van der Waals surface area (Å²) in [4.78, 5) is 53.6. The number of hydrogen-bond donors (Lipinski definition) is 3. The van der Waals surface area contributed by atoms with Gasteiger partial charge in [0, 0.05) is 48.5 Å². The minimum atomic E-state index is -0.253. The number of H-pyrrole nitrogens is 1. The molecular formula is C24H25N7O3. The van der Waals surface area contributed by atoms with E-state index < -0.39 is 0 Å². The van der Waals surface area contributed by atoms with E-state index in [1.54, 1.807) is 24.3 Å². The second-order valence-electron chi connectivity index (χ2n) is 8.05. The number of nitrogens with one attached hydrogen (secondary N) is 3. The third-order valence-electron chi connectivity index (χ3n) is 5.25. The Hall–Kier alpha value is -4.18. The summed E-state index contributed by atoms with van der Waals surface area (Å²) in [5.74, 6) is 0.463. The van der Waals surface area contributed by atoms with E-state index in [0.717, 1.165) is 16.5 Å². The average molecular weight is 460 g/mol. The lowest BCUT2D eigenvalue weighted by molar-refractivity contribution is -0.116. The van der Waals surface area contributed by atoms with Crippen LogP contribution in [0.25, 0.3) is 22.1 Å². The van der Waals surface area contributed by atoms with Crippen molar-refractivity contribution in [1.29, 1.82) is 0 Å². The number of aryl methyl sites for hydroxylation is 1. The zero-order valence-corrected chi connectivity index (χ0v) is 19.0. The molecule has 34 heavy (non-hydrogen) atoms. The number of aromatic amines is 1. The van der Waals surface area contributed by atoms with Crippen molar-refractivity contribution in [2.75, 3.05) is 30.8 Å². The van der Waals surface area contributed by atoms with Crippen molar-refractivity contribution in [1.82, 2.24) is 24.8 Å². The Labute approximate surface area is 195 Å². The Morgan fingerprint density at radius 1 is 0.824 bits per heavy atom. The lowest BCUT2D eigenvalue weighted by Gasteiger charge is -2.16. The van der Waals surface area contributed by atoms with Gasteiger partial charge in [0.05, 0.1) is 0 Å². The minimum absolute atomic E-state index is 0.162. The summed E-state index contributed by atoms with van der Waals surface area (Å²) in [5.41, 5.74) is 1.62. The van der Waals surface area contributed by atoms with Gasteiger partial charge in [0.1, 0.15) is 17.3 Å². The summed E-state index contributed by atoms with van der Waals surface area (Å²) in [6, 6.07) is 14.0. The van der Waals surface area contributed by atoms with Crippen LogP contribution >= 0.6 is 0 Å². The predicted molar refractivity (Wildman–Crippen MR) is 131 cm³/mol. The van der Waals surface area contributed by atoms with E-state index in [2.05, 4.69) is 30.6 Å². The van der Waals surface area contributed by atoms with Crippen LogP contribution in [-0.2, 0) is 9.59 Å². The molecule has 0 saturated carbocycles. The van der Waals surface area contributed by atoms with E-state index in [1.165, 1.54) is 6.07 Å². The van der Waals surface area contributed by atoms with Gasteiger partial charge in [0.15, 0.2) is 5.65 Å². The minimum Gasteiger partial charge on any atom is -0.311 e. The Morgan fingerprint density at radius 3 is 2.12 bits per heavy atom. The molecule has 0 aliphatic carbocycles. The van der Waals surface area contributed by atoms with Gasteiger partial charge in [-0.3, -0.25) is 14.4 Å². The second-order valence-corrected chi connectivity index (χ2v) is 8.05. The molecule has 4 aromatic rings. The molecule has 0 aliphatic heterocycles. The van der Waals surface area contributed by atoms with Crippen LogP contribution in [0.1, 0.15) is 18.5 Å². The molecule has 4 heterocycles. The van der Waals surface area contributed by atoms with Crippen LogP contribution in [0.5, 0.6) is 0 Å². The van der Waals surface area contributed by atoms with E-state index in [1.807, 2.05) is 37.1 Å². The molecule has 10 nitrogen and oxygen atoms in total. The maximum atomic E-state index is 12.3. The molecule has 2 amide bonds. The van der Waals surface area contributed by atoms with Crippen molar-refractivity contribution in [2.24, 2.45) is 0 Å². The third-order valence-corrected chi connectivity index (χ3v) is 5.25. The zero-order valence-electron chi connectivity index (χ0n) is 19.0. The Morgan fingerprint density at radius 2 is 1.41 bits per heavy atom. The summed E-state index contributed by atoms with van der Waals surface area (Å²) in [7, 11) is 1.85. The van der Waals surface area contributed by atoms with Gasteiger partial charge < -0.3 is 20.5 Å². The first kappa shape index (κ1) is 23.0. The summed E-state index contributed by atoms with van der Waals surface area (Å²) >= 11 is 0. The topological polar surface area (TPSA) is 133 Å². The van der Waals surface area contributed by atoms with Crippen LogP contribution in [-0.4, -0.2) is 56.8 Å². The van der Waals surface area contributed by atoms with Crippen LogP contribution < -0.4 is 16.2 Å². The first-order chi connectivity index (χ1) is 16.4. The molecule has 4 aromatic heterocycles. The highest BCUT2D eigenvalue weighted by molar-refractivity contribution is 5.92. The van der Waals surface area contributed by atoms with Gasteiger partial charge in [-0.1, -0.05) is 0 Å². The van der Waals surface area contributed by atoms with Crippen molar-refractivity contribution >= 4 is 45.5 Å². The molecule has 0 bridgehead atoms. The van der Waals surface area contributed by atoms with Gasteiger partial charge in [-0.05, 0) is 56.4 Å². The quantitative estimate of drug-likeness (QED) is 0.369. The predicted octanol–water partition coefficient (Wildman–Crippen LogP) is 2.46. The molecule has 0 radical (unpaired) electrons. The largest absolute Gasteiger partial charge is 0.311 e. The highest BCUT2D eigenvalue weighted by Crippen LogP contribution is 2.14. The lowest BCUT2D eigenvalue weighted by atomic mass is 10.2. The Kier molecular flexibility index (Phi) is 6.88. The lowest BCUT2D eigenvalue weighted by Crippen LogP contribution is -2.28. The molecule has 174 valence electrons. The van der Waals surface area contributed by atoms with E-state index in [0.29, 0.717) is 36.0 Å². The molecule has 0 aliphatic rings. The van der Waals surface area contributed by atoms with Crippen LogP contribution in [0, 0.1) is 6.92 Å². The zero-order chi connectivity index (χ0) is 24.1. The monoisotopic (exact) mass is 459 g/mol. The van der Waals surface area contributed by atoms with Crippen molar-refractivity contribution < 1.29 is 9.59 Å². The molecule has 4 rings (SSSR count). The normalized spacial score (nSPS) is 11.1. The highest BCUT2D eigenvalue weighted by Gasteiger charge is 2.10. The van der Waals surface area contributed by atoms with Gasteiger partial charge in [-0.2, -0.15) is 0 Å². The van der Waals surface area contributed by atoms with Crippen LogP contribution in [0.3, 0.4) is 0 Å². The number of anilines is 2. The highest BCUT2D eigenvalue weighted by atomic mass is 16.2. The van der Waals surface area contributed by atoms with Crippen molar-refractivity contribution in [3.63, 3.8) is 0 Å². The average Bonchev–Trinajstić information content (AvgIpc) is 2.81. The maximum absolute atomic E-state index is 12.3. The molecule has 0 unspecified atom stereocenters. The molecule has 0 spiro atoms.